The molecule has 1 saturated heterocycles. The lowest BCUT2D eigenvalue weighted by atomic mass is 10.1. The third kappa shape index (κ3) is 5.09. The van der Waals surface area contributed by atoms with Crippen LogP contribution in [0.4, 0.5) is 5.69 Å². The Hall–Kier alpha value is -1.97. The largest absolute Gasteiger partial charge is 0.371 e. The van der Waals surface area contributed by atoms with Crippen molar-refractivity contribution in [2.75, 3.05) is 25.0 Å². The average molecular weight is 424 g/mol. The molecule has 0 bridgehead atoms. The molecule has 0 aliphatic carbocycles. The minimum absolute atomic E-state index is 0.00228. The summed E-state index contributed by atoms with van der Waals surface area (Å²) >= 11 is 5.94. The quantitative estimate of drug-likeness (QED) is 0.768. The first kappa shape index (κ1) is 20.8. The molecule has 0 saturated carbocycles. The summed E-state index contributed by atoms with van der Waals surface area (Å²) in [7, 11) is -3.76. The van der Waals surface area contributed by atoms with Gasteiger partial charge < -0.3 is 10.1 Å². The molecule has 1 aliphatic rings. The van der Waals surface area contributed by atoms with Crippen LogP contribution in [0.3, 0.4) is 0 Å². The number of hydrogen-bond acceptors (Lipinski definition) is 5. The number of hydrogen-bond donors (Lipinski definition) is 2. The molecule has 9 heteroatoms. The van der Waals surface area contributed by atoms with Crippen molar-refractivity contribution >= 4 is 33.2 Å². The van der Waals surface area contributed by atoms with E-state index in [0.29, 0.717) is 30.4 Å². The van der Waals surface area contributed by atoms with Crippen molar-refractivity contribution in [2.45, 2.75) is 24.0 Å². The summed E-state index contributed by atoms with van der Waals surface area (Å²) < 4.78 is 28.5. The molecule has 2 atom stereocenters. The Morgan fingerprint density at radius 2 is 1.86 bits per heavy atom. The zero-order valence-electron chi connectivity index (χ0n) is 15.3. The fraction of sp³-hybridized carbons (Fsp3) is 0.316. The number of nitrogens with zero attached hydrogens (tertiary/aromatic N) is 1. The van der Waals surface area contributed by atoms with Crippen LogP contribution in [-0.4, -0.2) is 45.0 Å². The number of benzene rings is 2. The van der Waals surface area contributed by atoms with E-state index in [1.165, 1.54) is 24.3 Å². The van der Waals surface area contributed by atoms with Crippen molar-refractivity contribution in [2.24, 2.45) is 5.14 Å². The smallest absolute Gasteiger partial charge is 0.241 e. The van der Waals surface area contributed by atoms with E-state index in [0.717, 1.165) is 5.56 Å². The molecule has 1 heterocycles. The van der Waals surface area contributed by atoms with Gasteiger partial charge in [-0.3, -0.25) is 9.69 Å². The molecule has 2 unspecified atom stereocenters. The second kappa shape index (κ2) is 8.59. The van der Waals surface area contributed by atoms with Gasteiger partial charge in [0.25, 0.3) is 0 Å². The van der Waals surface area contributed by atoms with E-state index < -0.39 is 10.0 Å². The highest BCUT2D eigenvalue weighted by Gasteiger charge is 2.28. The number of nitrogens with one attached hydrogen (secondary N) is 1. The molecular weight excluding hydrogens is 402 g/mol. The van der Waals surface area contributed by atoms with Gasteiger partial charge >= 0.3 is 0 Å². The molecule has 0 aromatic heterocycles. The van der Waals surface area contributed by atoms with Crippen molar-refractivity contribution in [3.05, 3.63) is 59.1 Å². The predicted molar refractivity (Wildman–Crippen MR) is 108 cm³/mol. The molecule has 3 N–H and O–H groups in total. The molecule has 7 nitrogen and oxygen atoms in total. The molecular formula is C19H22ClN3O4S. The van der Waals surface area contributed by atoms with Crippen LogP contribution in [0.1, 0.15) is 18.6 Å². The SMILES string of the molecule is CC(C(=O)Nc1ccc(S(N)(=O)=O)cc1)N1CCOC(c2ccc(Cl)cc2)C1. The summed E-state index contributed by atoms with van der Waals surface area (Å²) in [5, 5.41) is 8.55. The molecule has 1 fully saturated rings. The molecule has 150 valence electrons. The Balaban J connectivity index is 1.63. The minimum atomic E-state index is -3.76. The Morgan fingerprint density at radius 3 is 2.46 bits per heavy atom. The number of rotatable bonds is 5. The van der Waals surface area contributed by atoms with Gasteiger partial charge in [0.1, 0.15) is 0 Å². The second-order valence-corrected chi connectivity index (χ2v) is 8.64. The maximum atomic E-state index is 12.6. The highest BCUT2D eigenvalue weighted by atomic mass is 35.5. The van der Waals surface area contributed by atoms with E-state index in [1.807, 2.05) is 31.2 Å². The monoisotopic (exact) mass is 423 g/mol. The van der Waals surface area contributed by atoms with Crippen LogP contribution in [0.25, 0.3) is 0 Å². The van der Waals surface area contributed by atoms with Crippen molar-refractivity contribution in [3.63, 3.8) is 0 Å². The number of carbonyl (C=O) groups excluding carboxylic acids is 1. The molecule has 3 rings (SSSR count). The summed E-state index contributed by atoms with van der Waals surface area (Å²) in [6.45, 7) is 3.58. The fourth-order valence-electron chi connectivity index (χ4n) is 3.04. The van der Waals surface area contributed by atoms with Gasteiger partial charge in [0.15, 0.2) is 0 Å². The number of anilines is 1. The number of sulfonamides is 1. The average Bonchev–Trinajstić information content (AvgIpc) is 2.68. The minimum Gasteiger partial charge on any atom is -0.371 e. The fourth-order valence-corrected chi connectivity index (χ4v) is 3.68. The van der Waals surface area contributed by atoms with Gasteiger partial charge in [-0.05, 0) is 48.9 Å². The molecule has 2 aromatic carbocycles. The van der Waals surface area contributed by atoms with Gasteiger partial charge in [0.05, 0.1) is 23.6 Å². The maximum Gasteiger partial charge on any atom is 0.241 e. The zero-order chi connectivity index (χ0) is 20.3. The highest BCUT2D eigenvalue weighted by molar-refractivity contribution is 7.89. The molecule has 1 amide bonds. The van der Waals surface area contributed by atoms with Gasteiger partial charge in [-0.15, -0.1) is 0 Å². The van der Waals surface area contributed by atoms with Crippen LogP contribution in [0.5, 0.6) is 0 Å². The lowest BCUT2D eigenvalue weighted by Gasteiger charge is -2.36. The van der Waals surface area contributed by atoms with E-state index in [4.69, 9.17) is 21.5 Å². The third-order valence-corrected chi connectivity index (χ3v) is 5.90. The summed E-state index contributed by atoms with van der Waals surface area (Å²) in [4.78, 5) is 14.7. The van der Waals surface area contributed by atoms with Gasteiger partial charge in [0, 0.05) is 23.8 Å². The van der Waals surface area contributed by atoms with E-state index in [-0.39, 0.29) is 22.9 Å². The normalized spacial score (nSPS) is 19.2. The first-order valence-electron chi connectivity index (χ1n) is 8.79. The molecule has 2 aromatic rings. The van der Waals surface area contributed by atoms with Crippen LogP contribution >= 0.6 is 11.6 Å². The number of halogens is 1. The van der Waals surface area contributed by atoms with Gasteiger partial charge in [-0.1, -0.05) is 23.7 Å². The lowest BCUT2D eigenvalue weighted by molar-refractivity contribution is -0.124. The summed E-state index contributed by atoms with van der Waals surface area (Å²) in [6.07, 6.45) is -0.129. The standard InChI is InChI=1S/C19H22ClN3O4S/c1-13(19(24)22-16-6-8-17(9-7-16)28(21,25)26)23-10-11-27-18(12-23)14-2-4-15(20)5-3-14/h2-9,13,18H,10-12H2,1H3,(H,22,24)(H2,21,25,26). The van der Waals surface area contributed by atoms with E-state index in [9.17, 15) is 13.2 Å². The molecule has 1 aliphatic heterocycles. The van der Waals surface area contributed by atoms with Crippen molar-refractivity contribution in [1.29, 1.82) is 0 Å². The summed E-state index contributed by atoms with van der Waals surface area (Å²) in [6, 6.07) is 12.9. The van der Waals surface area contributed by atoms with Crippen LogP contribution < -0.4 is 10.5 Å². The highest BCUT2D eigenvalue weighted by Crippen LogP contribution is 2.25. The number of amides is 1. The third-order valence-electron chi connectivity index (χ3n) is 4.72. The van der Waals surface area contributed by atoms with Crippen molar-refractivity contribution < 1.29 is 17.9 Å². The Bertz CT molecular complexity index is 933. The van der Waals surface area contributed by atoms with Gasteiger partial charge in [0.2, 0.25) is 15.9 Å². The molecule has 0 radical (unpaired) electrons. The van der Waals surface area contributed by atoms with Crippen LogP contribution in [0.2, 0.25) is 5.02 Å². The second-order valence-electron chi connectivity index (χ2n) is 6.64. The van der Waals surface area contributed by atoms with E-state index in [1.54, 1.807) is 0 Å². The number of carbonyl (C=O) groups is 1. The number of ether oxygens (including phenoxy) is 1. The van der Waals surface area contributed by atoms with E-state index in [2.05, 4.69) is 10.2 Å². The van der Waals surface area contributed by atoms with Crippen molar-refractivity contribution in [1.82, 2.24) is 4.90 Å². The predicted octanol–water partition coefficient (Wildman–Crippen LogP) is 2.39. The van der Waals surface area contributed by atoms with Gasteiger partial charge in [-0.2, -0.15) is 0 Å². The van der Waals surface area contributed by atoms with E-state index >= 15 is 0 Å². The molecule has 28 heavy (non-hydrogen) atoms. The topological polar surface area (TPSA) is 102 Å². The zero-order valence-corrected chi connectivity index (χ0v) is 16.9. The van der Waals surface area contributed by atoms with Gasteiger partial charge in [-0.25, -0.2) is 13.6 Å². The number of nitrogens with two attached hydrogens (primary N) is 1. The lowest BCUT2D eigenvalue weighted by Crippen LogP contribution is -2.48. The Kier molecular flexibility index (Phi) is 6.36. The Labute approximate surface area is 169 Å². The number of morpholine rings is 1. The first-order chi connectivity index (χ1) is 13.2. The van der Waals surface area contributed by atoms with Crippen molar-refractivity contribution in [3.8, 4) is 0 Å². The summed E-state index contributed by atoms with van der Waals surface area (Å²) in [5.41, 5.74) is 1.52. The van der Waals surface area contributed by atoms with Crippen LogP contribution in [-0.2, 0) is 19.6 Å². The molecule has 0 spiro atoms. The number of primary sulfonamides is 1. The van der Waals surface area contributed by atoms with Crippen LogP contribution in [0, 0.1) is 0 Å². The first-order valence-corrected chi connectivity index (χ1v) is 10.7. The summed E-state index contributed by atoms with van der Waals surface area (Å²) in [5.74, 6) is -0.180. The maximum absolute atomic E-state index is 12.6. The Morgan fingerprint density at radius 1 is 1.21 bits per heavy atom. The van der Waals surface area contributed by atoms with Crippen LogP contribution in [0.15, 0.2) is 53.4 Å².